The van der Waals surface area contributed by atoms with Crippen LogP contribution in [0.1, 0.15) is 90.0 Å². The number of carbonyl (C=O) groups excluding carboxylic acids is 1. The molecule has 0 spiro atoms. The zero-order chi connectivity index (χ0) is 25.5. The Hall–Kier alpha value is -2.41. The first-order valence-corrected chi connectivity index (χ1v) is 14.7. The first-order valence-electron chi connectivity index (χ1n) is 14.7. The zero-order valence-electron chi connectivity index (χ0n) is 22.1. The number of esters is 1. The van der Waals surface area contributed by atoms with Crippen molar-refractivity contribution in [2.24, 2.45) is 11.8 Å². The molecule has 2 unspecified atom stereocenters. The highest BCUT2D eigenvalue weighted by Gasteiger charge is 2.45. The maximum Gasteiger partial charge on any atom is 0.332 e. The van der Waals surface area contributed by atoms with E-state index in [1.54, 1.807) is 25.1 Å². The molecule has 7 heteroatoms. The normalized spacial score (nSPS) is 32.1. The Bertz CT molecular complexity index is 1240. The summed E-state index contributed by atoms with van der Waals surface area (Å²) in [5.74, 6) is 1.30. The first kappa shape index (κ1) is 24.9. The van der Waals surface area contributed by atoms with Crippen LogP contribution in [0, 0.1) is 11.8 Å². The molecule has 2 aliphatic heterocycles. The summed E-state index contributed by atoms with van der Waals surface area (Å²) in [5.41, 5.74) is -0.0953. The predicted molar refractivity (Wildman–Crippen MR) is 144 cm³/mol. The van der Waals surface area contributed by atoms with Crippen molar-refractivity contribution in [3.63, 3.8) is 0 Å². The van der Waals surface area contributed by atoms with Gasteiger partial charge < -0.3 is 4.74 Å². The Morgan fingerprint density at radius 3 is 2.19 bits per heavy atom. The first-order chi connectivity index (χ1) is 18.0. The summed E-state index contributed by atoms with van der Waals surface area (Å²) in [6, 6.07) is 8.54. The van der Waals surface area contributed by atoms with Gasteiger partial charge in [-0.1, -0.05) is 44.2 Å². The van der Waals surface area contributed by atoms with Crippen molar-refractivity contribution in [3.05, 3.63) is 45.1 Å². The van der Waals surface area contributed by atoms with Gasteiger partial charge in [-0.3, -0.25) is 23.6 Å². The lowest BCUT2D eigenvalue weighted by atomic mass is 9.73. The van der Waals surface area contributed by atoms with Gasteiger partial charge in [0.15, 0.2) is 0 Å². The fourth-order valence-corrected chi connectivity index (χ4v) is 8.46. The van der Waals surface area contributed by atoms with Crippen molar-refractivity contribution in [1.29, 1.82) is 0 Å². The van der Waals surface area contributed by atoms with Gasteiger partial charge in [0.1, 0.15) is 6.54 Å². The van der Waals surface area contributed by atoms with E-state index in [0.717, 1.165) is 37.5 Å². The molecule has 0 amide bonds. The lowest BCUT2D eigenvalue weighted by Crippen LogP contribution is -2.59. The summed E-state index contributed by atoms with van der Waals surface area (Å²) in [5, 5.41) is 0.496. The molecule has 0 radical (unpaired) electrons. The molecule has 200 valence electrons. The monoisotopic (exact) mass is 507 g/mol. The molecule has 1 aromatic carbocycles. The van der Waals surface area contributed by atoms with Gasteiger partial charge in [-0.25, -0.2) is 4.79 Å². The Balaban J connectivity index is 1.33. The maximum absolute atomic E-state index is 13.8. The number of hydrogen-bond acceptors (Lipinski definition) is 5. The molecule has 0 N–H and O–H groups in total. The summed E-state index contributed by atoms with van der Waals surface area (Å²) in [6.45, 7) is 1.84. The van der Waals surface area contributed by atoms with E-state index < -0.39 is 5.97 Å². The van der Waals surface area contributed by atoms with E-state index in [4.69, 9.17) is 4.74 Å². The molecule has 2 aliphatic carbocycles. The van der Waals surface area contributed by atoms with Gasteiger partial charge in [-0.2, -0.15) is 0 Å². The molecule has 2 aromatic rings. The molecule has 37 heavy (non-hydrogen) atoms. The molecule has 6 atom stereocenters. The van der Waals surface area contributed by atoms with Gasteiger partial charge >= 0.3 is 11.7 Å². The van der Waals surface area contributed by atoms with Gasteiger partial charge in [-0.05, 0) is 75.8 Å². The maximum atomic E-state index is 13.8. The summed E-state index contributed by atoms with van der Waals surface area (Å²) in [4.78, 5) is 42.8. The minimum Gasteiger partial charge on any atom is -0.465 e. The molecule has 2 saturated heterocycles. The third-order valence-electron chi connectivity index (χ3n) is 9.82. The second kappa shape index (κ2) is 10.4. The number of fused-ring (bicyclic) bond motifs is 5. The molecular formula is C30H41N3O4. The minimum atomic E-state index is -0.453. The van der Waals surface area contributed by atoms with Crippen LogP contribution >= 0.6 is 0 Å². The molecule has 2 saturated carbocycles. The van der Waals surface area contributed by atoms with Crippen LogP contribution in [0.4, 0.5) is 0 Å². The van der Waals surface area contributed by atoms with Crippen molar-refractivity contribution in [2.45, 2.75) is 115 Å². The Morgan fingerprint density at radius 2 is 1.51 bits per heavy atom. The summed E-state index contributed by atoms with van der Waals surface area (Å²) >= 11 is 0. The van der Waals surface area contributed by atoms with Crippen LogP contribution in [0.5, 0.6) is 0 Å². The molecule has 3 heterocycles. The van der Waals surface area contributed by atoms with E-state index in [0.29, 0.717) is 29.0 Å². The van der Waals surface area contributed by atoms with Crippen LogP contribution < -0.4 is 11.2 Å². The minimum absolute atomic E-state index is 0.129. The van der Waals surface area contributed by atoms with E-state index in [-0.39, 0.29) is 30.4 Å². The van der Waals surface area contributed by atoms with Crippen molar-refractivity contribution < 1.29 is 9.53 Å². The van der Waals surface area contributed by atoms with Gasteiger partial charge in [0.05, 0.1) is 17.5 Å². The van der Waals surface area contributed by atoms with E-state index in [9.17, 15) is 14.4 Å². The highest BCUT2D eigenvalue weighted by molar-refractivity contribution is 5.80. The topological polar surface area (TPSA) is 73.5 Å². The van der Waals surface area contributed by atoms with Crippen LogP contribution in [0.25, 0.3) is 10.9 Å². The highest BCUT2D eigenvalue weighted by atomic mass is 16.5. The van der Waals surface area contributed by atoms with E-state index in [1.165, 1.54) is 60.5 Å². The number of benzene rings is 1. The van der Waals surface area contributed by atoms with E-state index >= 15 is 0 Å². The van der Waals surface area contributed by atoms with Crippen molar-refractivity contribution in [1.82, 2.24) is 14.0 Å². The average molecular weight is 508 g/mol. The third kappa shape index (κ3) is 4.68. The fourth-order valence-electron chi connectivity index (χ4n) is 8.46. The molecule has 4 fully saturated rings. The van der Waals surface area contributed by atoms with E-state index in [1.807, 2.05) is 6.07 Å². The molecule has 6 rings (SSSR count). The van der Waals surface area contributed by atoms with Gasteiger partial charge in [-0.15, -0.1) is 0 Å². The molecule has 7 nitrogen and oxygen atoms in total. The average Bonchev–Trinajstić information content (AvgIpc) is 3.05. The molecular weight excluding hydrogens is 466 g/mol. The molecule has 4 bridgehead atoms. The van der Waals surface area contributed by atoms with Crippen LogP contribution in [0.15, 0.2) is 33.9 Å². The number of para-hydroxylation sites is 1. The van der Waals surface area contributed by atoms with Crippen LogP contribution in [-0.2, 0) is 16.1 Å². The molecule has 1 aromatic heterocycles. The standard InChI is InChI=1S/C30H41N3O4/c1-2-37-28(34)19-31-27-13-6-5-12-26(27)29(35)33(30(31)36)25-17-22-10-7-11-23(18-25)32(22)24-15-20-8-3-4-9-21(14-20)16-24/h5-6,12-13,20-25H,2-4,7-11,14-19H2,1H3/t20-,21+,22-,23+,24?,25?. The molecule has 4 aliphatic rings. The van der Waals surface area contributed by atoms with E-state index in [2.05, 4.69) is 4.90 Å². The summed E-state index contributed by atoms with van der Waals surface area (Å²) < 4.78 is 8.09. The van der Waals surface area contributed by atoms with Crippen LogP contribution in [0.2, 0.25) is 0 Å². The van der Waals surface area contributed by atoms with Crippen molar-refractivity contribution in [3.8, 4) is 0 Å². The number of rotatable bonds is 5. The Labute approximate surface area is 218 Å². The van der Waals surface area contributed by atoms with Crippen molar-refractivity contribution in [2.75, 3.05) is 6.61 Å². The Kier molecular flexibility index (Phi) is 6.99. The lowest BCUT2D eigenvalue weighted by molar-refractivity contribution is -0.143. The zero-order valence-corrected chi connectivity index (χ0v) is 22.1. The van der Waals surface area contributed by atoms with Crippen LogP contribution in [-0.4, -0.2) is 44.7 Å². The SMILES string of the molecule is CCOC(=O)Cn1c(=O)n(C2C[C@H]3CCC[C@@H](C2)N3C2C[C@H]3CCCC[C@@H](C2)C3)c(=O)c2ccccc21. The number of carbonyl (C=O) groups is 1. The van der Waals surface area contributed by atoms with Gasteiger partial charge in [0, 0.05) is 24.2 Å². The smallest absolute Gasteiger partial charge is 0.332 e. The van der Waals surface area contributed by atoms with Crippen molar-refractivity contribution >= 4 is 16.9 Å². The Morgan fingerprint density at radius 1 is 0.838 bits per heavy atom. The number of nitrogens with zero attached hydrogens (tertiary/aromatic N) is 3. The number of ether oxygens (including phenoxy) is 1. The summed E-state index contributed by atoms with van der Waals surface area (Å²) in [6.07, 6.45) is 14.9. The third-order valence-corrected chi connectivity index (χ3v) is 9.82. The predicted octanol–water partition coefficient (Wildman–Crippen LogP) is 4.64. The number of hydrogen-bond donors (Lipinski definition) is 0. The fraction of sp³-hybridized carbons (Fsp3) is 0.700. The van der Waals surface area contributed by atoms with Gasteiger partial charge in [0.2, 0.25) is 0 Å². The highest BCUT2D eigenvalue weighted by Crippen LogP contribution is 2.46. The largest absolute Gasteiger partial charge is 0.465 e. The quantitative estimate of drug-likeness (QED) is 0.551. The van der Waals surface area contributed by atoms with Gasteiger partial charge in [0.25, 0.3) is 5.56 Å². The lowest BCUT2D eigenvalue weighted by Gasteiger charge is -2.54. The number of piperidine rings is 2. The second-order valence-electron chi connectivity index (χ2n) is 12.1. The number of aromatic nitrogens is 2. The second-order valence-corrected chi connectivity index (χ2v) is 12.1. The van der Waals surface area contributed by atoms with Crippen LogP contribution in [0.3, 0.4) is 0 Å². The summed E-state index contributed by atoms with van der Waals surface area (Å²) in [7, 11) is 0.